The van der Waals surface area contributed by atoms with E-state index in [4.69, 9.17) is 9.15 Å². The van der Waals surface area contributed by atoms with Crippen LogP contribution in [0.5, 0.6) is 5.75 Å². The number of ether oxygens (including phenoxy) is 1. The Hall–Kier alpha value is -2.10. The van der Waals surface area contributed by atoms with Crippen molar-refractivity contribution >= 4 is 5.78 Å². The summed E-state index contributed by atoms with van der Waals surface area (Å²) in [5, 5.41) is 0. The number of halogens is 1. The van der Waals surface area contributed by atoms with Crippen LogP contribution in [0, 0.1) is 5.82 Å². The average Bonchev–Trinajstić information content (AvgIpc) is 2.92. The van der Waals surface area contributed by atoms with Crippen molar-refractivity contribution in [2.45, 2.75) is 19.3 Å². The average molecular weight is 262 g/mol. The number of hydrogen-bond acceptors (Lipinski definition) is 3. The lowest BCUT2D eigenvalue weighted by Crippen LogP contribution is -2.06. The summed E-state index contributed by atoms with van der Waals surface area (Å²) in [7, 11) is 1.40. The fraction of sp³-hybridized carbons (Fsp3) is 0.267. The van der Waals surface area contributed by atoms with Crippen molar-refractivity contribution in [1.29, 1.82) is 0 Å². The number of rotatable bonds is 6. The van der Waals surface area contributed by atoms with E-state index in [1.807, 2.05) is 6.07 Å². The molecule has 3 nitrogen and oxygen atoms in total. The van der Waals surface area contributed by atoms with E-state index in [9.17, 15) is 9.18 Å². The summed E-state index contributed by atoms with van der Waals surface area (Å²) in [6.07, 6.45) is 2.52. The van der Waals surface area contributed by atoms with Crippen LogP contribution in [0.15, 0.2) is 41.0 Å². The van der Waals surface area contributed by atoms with E-state index < -0.39 is 5.82 Å². The first kappa shape index (κ1) is 13.3. The van der Waals surface area contributed by atoms with Crippen LogP contribution in [0.25, 0.3) is 0 Å². The summed E-state index contributed by atoms with van der Waals surface area (Å²) in [5.74, 6) is 0.440. The van der Waals surface area contributed by atoms with Gasteiger partial charge in [-0.25, -0.2) is 4.39 Å². The van der Waals surface area contributed by atoms with Gasteiger partial charge >= 0.3 is 0 Å². The molecular weight excluding hydrogens is 247 g/mol. The van der Waals surface area contributed by atoms with Crippen LogP contribution in [0.4, 0.5) is 4.39 Å². The molecule has 0 fully saturated rings. The van der Waals surface area contributed by atoms with Gasteiger partial charge in [-0.1, -0.05) is 12.1 Å². The molecule has 1 aromatic heterocycles. The standard InChI is InChI=1S/C15H15FO3/c1-18-14-6-2-4-11(15(14)16)10-12(17)7-8-13-5-3-9-19-13/h2-6,9H,7-8,10H2,1H3. The normalized spacial score (nSPS) is 10.4. The van der Waals surface area contributed by atoms with Crippen LogP contribution in [0.1, 0.15) is 17.7 Å². The van der Waals surface area contributed by atoms with E-state index in [-0.39, 0.29) is 18.0 Å². The maximum atomic E-state index is 13.9. The molecule has 0 amide bonds. The summed E-state index contributed by atoms with van der Waals surface area (Å²) in [5.41, 5.74) is 0.365. The van der Waals surface area contributed by atoms with Crippen molar-refractivity contribution in [2.24, 2.45) is 0 Å². The van der Waals surface area contributed by atoms with E-state index in [0.717, 1.165) is 5.76 Å². The van der Waals surface area contributed by atoms with Gasteiger partial charge in [0.2, 0.25) is 0 Å². The molecule has 0 aliphatic heterocycles. The van der Waals surface area contributed by atoms with Crippen LogP contribution < -0.4 is 4.74 Å². The second-order valence-electron chi connectivity index (χ2n) is 4.23. The molecule has 0 saturated heterocycles. The Morgan fingerprint density at radius 3 is 2.84 bits per heavy atom. The fourth-order valence-corrected chi connectivity index (χ4v) is 1.87. The highest BCUT2D eigenvalue weighted by atomic mass is 19.1. The van der Waals surface area contributed by atoms with Gasteiger partial charge in [-0.2, -0.15) is 0 Å². The largest absolute Gasteiger partial charge is 0.494 e. The van der Waals surface area contributed by atoms with Crippen molar-refractivity contribution in [2.75, 3.05) is 7.11 Å². The number of methoxy groups -OCH3 is 1. The number of Topliss-reactive ketones (excluding diaryl/α,β-unsaturated/α-hetero) is 1. The van der Waals surface area contributed by atoms with E-state index in [0.29, 0.717) is 18.4 Å². The number of hydrogen-bond donors (Lipinski definition) is 0. The van der Waals surface area contributed by atoms with E-state index in [2.05, 4.69) is 0 Å². The van der Waals surface area contributed by atoms with Crippen LogP contribution in [0.3, 0.4) is 0 Å². The SMILES string of the molecule is COc1cccc(CC(=O)CCc2ccco2)c1F. The lowest BCUT2D eigenvalue weighted by Gasteiger charge is -2.06. The highest BCUT2D eigenvalue weighted by Crippen LogP contribution is 2.20. The Morgan fingerprint density at radius 1 is 1.32 bits per heavy atom. The molecule has 2 aromatic rings. The maximum absolute atomic E-state index is 13.9. The lowest BCUT2D eigenvalue weighted by molar-refractivity contribution is -0.118. The predicted molar refractivity (Wildman–Crippen MR) is 68.7 cm³/mol. The number of ketones is 1. The minimum atomic E-state index is -0.462. The number of carbonyl (C=O) groups is 1. The molecule has 0 radical (unpaired) electrons. The van der Waals surface area contributed by atoms with Gasteiger partial charge in [-0.05, 0) is 23.8 Å². The highest BCUT2D eigenvalue weighted by molar-refractivity contribution is 5.81. The summed E-state index contributed by atoms with van der Waals surface area (Å²) in [6, 6.07) is 8.41. The highest BCUT2D eigenvalue weighted by Gasteiger charge is 2.12. The first-order valence-electron chi connectivity index (χ1n) is 6.06. The second kappa shape index (κ2) is 6.18. The van der Waals surface area contributed by atoms with Crippen LogP contribution >= 0.6 is 0 Å². The maximum Gasteiger partial charge on any atom is 0.168 e. The van der Waals surface area contributed by atoms with Gasteiger partial charge < -0.3 is 9.15 Å². The fourth-order valence-electron chi connectivity index (χ4n) is 1.87. The number of benzene rings is 1. The third-order valence-corrected chi connectivity index (χ3v) is 2.88. The quantitative estimate of drug-likeness (QED) is 0.802. The molecule has 0 N–H and O–H groups in total. The van der Waals surface area contributed by atoms with Crippen LogP contribution in [-0.4, -0.2) is 12.9 Å². The Morgan fingerprint density at radius 2 is 2.16 bits per heavy atom. The summed E-state index contributed by atoms with van der Waals surface area (Å²) >= 11 is 0. The molecule has 0 atom stereocenters. The molecule has 0 spiro atoms. The van der Waals surface area contributed by atoms with Crippen LogP contribution in [0.2, 0.25) is 0 Å². The van der Waals surface area contributed by atoms with Gasteiger partial charge in [0.05, 0.1) is 13.4 Å². The molecule has 1 heterocycles. The van der Waals surface area contributed by atoms with Gasteiger partial charge in [-0.3, -0.25) is 4.79 Å². The molecule has 2 rings (SSSR count). The Bertz CT molecular complexity index is 547. The topological polar surface area (TPSA) is 39.4 Å². The van der Waals surface area contributed by atoms with Gasteiger partial charge in [0.15, 0.2) is 11.6 Å². The van der Waals surface area contributed by atoms with E-state index >= 15 is 0 Å². The molecule has 0 unspecified atom stereocenters. The molecule has 100 valence electrons. The van der Waals surface area contributed by atoms with E-state index in [1.165, 1.54) is 13.2 Å². The zero-order valence-electron chi connectivity index (χ0n) is 10.7. The van der Waals surface area contributed by atoms with Crippen molar-refractivity contribution in [1.82, 2.24) is 0 Å². The molecule has 19 heavy (non-hydrogen) atoms. The van der Waals surface area contributed by atoms with Gasteiger partial charge in [0, 0.05) is 19.3 Å². The number of carbonyl (C=O) groups excluding carboxylic acids is 1. The predicted octanol–water partition coefficient (Wildman–Crippen LogP) is 3.17. The minimum absolute atomic E-state index is 0.0245. The molecule has 0 aliphatic rings. The van der Waals surface area contributed by atoms with E-state index in [1.54, 1.807) is 24.5 Å². The van der Waals surface area contributed by atoms with Crippen LogP contribution in [-0.2, 0) is 17.6 Å². The third kappa shape index (κ3) is 3.44. The Kier molecular flexibility index (Phi) is 4.34. The second-order valence-corrected chi connectivity index (χ2v) is 4.23. The first-order chi connectivity index (χ1) is 9.20. The molecular formula is C15H15FO3. The molecule has 0 saturated carbocycles. The number of furan rings is 1. The summed E-state index contributed by atoms with van der Waals surface area (Å²) < 4.78 is 23.9. The van der Waals surface area contributed by atoms with Crippen molar-refractivity contribution in [3.8, 4) is 5.75 Å². The van der Waals surface area contributed by atoms with Crippen molar-refractivity contribution < 1.29 is 18.3 Å². The smallest absolute Gasteiger partial charge is 0.168 e. The summed E-state index contributed by atoms with van der Waals surface area (Å²) in [6.45, 7) is 0. The molecule has 0 bridgehead atoms. The van der Waals surface area contributed by atoms with Crippen molar-refractivity contribution in [3.63, 3.8) is 0 Å². The Labute approximate surface area is 111 Å². The monoisotopic (exact) mass is 262 g/mol. The van der Waals surface area contributed by atoms with Gasteiger partial charge in [-0.15, -0.1) is 0 Å². The van der Waals surface area contributed by atoms with Crippen molar-refractivity contribution in [3.05, 3.63) is 53.7 Å². The molecule has 0 aliphatic carbocycles. The zero-order chi connectivity index (χ0) is 13.7. The third-order valence-electron chi connectivity index (χ3n) is 2.88. The first-order valence-corrected chi connectivity index (χ1v) is 6.06. The Balaban J connectivity index is 1.95. The van der Waals surface area contributed by atoms with Gasteiger partial charge in [0.25, 0.3) is 0 Å². The molecule has 1 aromatic carbocycles. The minimum Gasteiger partial charge on any atom is -0.494 e. The summed E-state index contributed by atoms with van der Waals surface area (Å²) in [4.78, 5) is 11.8. The van der Waals surface area contributed by atoms with Gasteiger partial charge in [0.1, 0.15) is 11.5 Å². The number of aryl methyl sites for hydroxylation is 1. The zero-order valence-corrected chi connectivity index (χ0v) is 10.7. The lowest BCUT2D eigenvalue weighted by atomic mass is 10.0. The molecule has 4 heteroatoms.